The third-order valence-electron chi connectivity index (χ3n) is 5.85. The summed E-state index contributed by atoms with van der Waals surface area (Å²) < 4.78 is 11.8. The number of benzene rings is 3. The topological polar surface area (TPSA) is 77.3 Å². The molecule has 4 rings (SSSR count). The highest BCUT2D eigenvalue weighted by atomic mass is 35.5. The predicted octanol–water partition coefficient (Wildman–Crippen LogP) is 6.51. The molecule has 2 atom stereocenters. The van der Waals surface area contributed by atoms with Gasteiger partial charge in [0.25, 0.3) is 5.69 Å². The van der Waals surface area contributed by atoms with Crippen molar-refractivity contribution in [3.05, 3.63) is 110 Å². The van der Waals surface area contributed by atoms with Crippen LogP contribution in [0.5, 0.6) is 0 Å². The molecule has 3 aromatic rings. The largest absolute Gasteiger partial charge is 0.299 e. The first-order valence-electron chi connectivity index (χ1n) is 10.3. The van der Waals surface area contributed by atoms with Crippen LogP contribution in [-0.2, 0) is 17.6 Å². The molecule has 1 saturated carbocycles. The lowest BCUT2D eigenvalue weighted by Gasteiger charge is -2.08. The second-order valence-corrected chi connectivity index (χ2v) is 10.0. The van der Waals surface area contributed by atoms with E-state index in [0.717, 1.165) is 0 Å². The van der Waals surface area contributed by atoms with E-state index in [1.54, 1.807) is 30.3 Å². The van der Waals surface area contributed by atoms with Crippen molar-refractivity contribution in [2.45, 2.75) is 23.1 Å². The number of hydrogen-bond donors (Lipinski definition) is 0. The van der Waals surface area contributed by atoms with E-state index in [0.29, 0.717) is 16.7 Å². The molecule has 1 fully saturated rings. The molecule has 9 heteroatoms. The minimum Gasteiger partial charge on any atom is -0.299 e. The van der Waals surface area contributed by atoms with E-state index < -0.39 is 26.9 Å². The second kappa shape index (κ2) is 9.45. The van der Waals surface area contributed by atoms with E-state index in [2.05, 4.69) is 0 Å². The first-order chi connectivity index (χ1) is 16.1. The summed E-state index contributed by atoms with van der Waals surface area (Å²) in [7, 11) is 0. The lowest BCUT2D eigenvalue weighted by Crippen LogP contribution is -2.11. The number of halogens is 4. The molecule has 0 spiro atoms. The fourth-order valence-electron chi connectivity index (χ4n) is 4.04. The average molecular weight is 521 g/mol. The van der Waals surface area contributed by atoms with Gasteiger partial charge in [-0.05, 0) is 41.0 Å². The van der Waals surface area contributed by atoms with Gasteiger partial charge in [0.15, 0.2) is 5.78 Å². The van der Waals surface area contributed by atoms with Crippen LogP contribution in [0.1, 0.15) is 33.0 Å². The van der Waals surface area contributed by atoms with Gasteiger partial charge in [-0.3, -0.25) is 19.7 Å². The Kier molecular flexibility index (Phi) is 6.76. The highest BCUT2D eigenvalue weighted by Crippen LogP contribution is 2.65. The lowest BCUT2D eigenvalue weighted by molar-refractivity contribution is -0.384. The monoisotopic (exact) mass is 519 g/mol. The lowest BCUT2D eigenvalue weighted by atomic mass is 9.97. The molecule has 1 aliphatic rings. The molecule has 0 amide bonds. The number of ketones is 2. The molecule has 3 aromatic carbocycles. The number of hydrogen-bond acceptors (Lipinski definition) is 4. The van der Waals surface area contributed by atoms with Crippen molar-refractivity contribution in [1.82, 2.24) is 0 Å². The van der Waals surface area contributed by atoms with Gasteiger partial charge in [0.05, 0.1) is 15.9 Å². The summed E-state index contributed by atoms with van der Waals surface area (Å²) in [5, 5.41) is 11.1. The van der Waals surface area contributed by atoms with Crippen molar-refractivity contribution in [2.24, 2.45) is 5.92 Å². The summed E-state index contributed by atoms with van der Waals surface area (Å²) >= 11 is 19.0. The van der Waals surface area contributed by atoms with Crippen LogP contribution in [-0.4, -0.2) is 20.8 Å². The fraction of sp³-hybridized carbons (Fsp3) is 0.200. The summed E-state index contributed by atoms with van der Waals surface area (Å²) in [4.78, 5) is 36.1. The molecule has 174 valence electrons. The zero-order valence-electron chi connectivity index (χ0n) is 17.5. The van der Waals surface area contributed by atoms with Crippen molar-refractivity contribution < 1.29 is 18.9 Å². The van der Waals surface area contributed by atoms with Crippen LogP contribution < -0.4 is 0 Å². The van der Waals surface area contributed by atoms with Crippen molar-refractivity contribution in [3.63, 3.8) is 0 Å². The van der Waals surface area contributed by atoms with E-state index in [4.69, 9.17) is 34.8 Å². The molecule has 1 aliphatic carbocycles. The van der Waals surface area contributed by atoms with Crippen LogP contribution in [0, 0.1) is 21.8 Å². The summed E-state index contributed by atoms with van der Waals surface area (Å²) in [5.74, 6) is -2.04. The maximum absolute atomic E-state index is 13.1. The smallest absolute Gasteiger partial charge is 0.269 e. The van der Waals surface area contributed by atoms with Gasteiger partial charge in [0.2, 0.25) is 0 Å². The van der Waals surface area contributed by atoms with Crippen LogP contribution in [0.4, 0.5) is 10.1 Å². The number of nitro groups is 1. The minimum absolute atomic E-state index is 0.0106. The normalized spacial score (nSPS) is 18.4. The molecule has 0 saturated heterocycles. The van der Waals surface area contributed by atoms with Gasteiger partial charge in [-0.25, -0.2) is 4.39 Å². The quantitative estimate of drug-likeness (QED) is 0.147. The Morgan fingerprint density at radius 3 is 2.18 bits per heavy atom. The first kappa shape index (κ1) is 24.3. The van der Waals surface area contributed by atoms with Crippen LogP contribution in [0.25, 0.3) is 0 Å². The van der Waals surface area contributed by atoms with Crippen LogP contribution in [0.3, 0.4) is 0 Å². The molecule has 5 nitrogen and oxygen atoms in total. The summed E-state index contributed by atoms with van der Waals surface area (Å²) in [6.07, 6.45) is 0.0258. The van der Waals surface area contributed by atoms with E-state index in [9.17, 15) is 24.1 Å². The number of Topliss-reactive ketones (excluding diaryl/α,β-unsaturated/α-hetero) is 2. The number of carbonyl (C=O) groups excluding carboxylic acids is 2. The Balaban J connectivity index is 1.48. The Morgan fingerprint density at radius 2 is 1.56 bits per heavy atom. The Bertz CT molecular complexity index is 1280. The van der Waals surface area contributed by atoms with E-state index >= 15 is 0 Å². The van der Waals surface area contributed by atoms with Gasteiger partial charge >= 0.3 is 0 Å². The van der Waals surface area contributed by atoms with Crippen LogP contribution in [0.2, 0.25) is 5.02 Å². The predicted molar refractivity (Wildman–Crippen MR) is 128 cm³/mol. The number of carbonyl (C=O) groups is 2. The Hall–Kier alpha value is -2.80. The summed E-state index contributed by atoms with van der Waals surface area (Å²) in [6.45, 7) is 0. The van der Waals surface area contributed by atoms with Gasteiger partial charge in [-0.2, -0.15) is 0 Å². The molecule has 0 heterocycles. The van der Waals surface area contributed by atoms with Crippen molar-refractivity contribution >= 4 is 52.1 Å². The maximum Gasteiger partial charge on any atom is 0.269 e. The molecular weight excluding hydrogens is 504 g/mol. The van der Waals surface area contributed by atoms with Gasteiger partial charge < -0.3 is 0 Å². The van der Waals surface area contributed by atoms with Crippen LogP contribution >= 0.6 is 34.8 Å². The highest BCUT2D eigenvalue weighted by Gasteiger charge is 2.66. The third-order valence-corrected chi connectivity index (χ3v) is 7.12. The number of non-ortho nitro benzene ring substituents is 1. The van der Waals surface area contributed by atoms with Crippen molar-refractivity contribution in [3.8, 4) is 0 Å². The van der Waals surface area contributed by atoms with Crippen molar-refractivity contribution in [1.29, 1.82) is 0 Å². The minimum atomic E-state index is -1.32. The molecule has 34 heavy (non-hydrogen) atoms. The fourth-order valence-corrected chi connectivity index (χ4v) is 5.13. The molecular formula is C25H17Cl3FNO4. The van der Waals surface area contributed by atoms with Gasteiger partial charge in [-0.1, -0.05) is 41.9 Å². The zero-order valence-corrected chi connectivity index (χ0v) is 19.8. The number of nitro benzene ring substituents is 1. The van der Waals surface area contributed by atoms with Gasteiger partial charge in [0, 0.05) is 36.5 Å². The Morgan fingerprint density at radius 1 is 0.941 bits per heavy atom. The van der Waals surface area contributed by atoms with Gasteiger partial charge in [-0.15, -0.1) is 23.2 Å². The molecule has 0 N–H and O–H groups in total. The first-order valence-corrected chi connectivity index (χ1v) is 11.4. The molecule has 0 bridgehead atoms. The van der Waals surface area contributed by atoms with Crippen LogP contribution in [0.15, 0.2) is 66.7 Å². The molecule has 0 aromatic heterocycles. The second-order valence-electron chi connectivity index (χ2n) is 8.16. The summed E-state index contributed by atoms with van der Waals surface area (Å²) in [5.41, 5.74) is 2.06. The molecule has 0 aliphatic heterocycles. The van der Waals surface area contributed by atoms with E-state index in [-0.39, 0.29) is 40.7 Å². The zero-order chi connectivity index (χ0) is 24.6. The number of nitrogens with zero attached hydrogens (tertiary/aromatic N) is 1. The third kappa shape index (κ3) is 4.99. The van der Waals surface area contributed by atoms with Gasteiger partial charge in [0.1, 0.15) is 15.9 Å². The number of rotatable bonds is 8. The Labute approximate surface area is 209 Å². The average Bonchev–Trinajstić information content (AvgIpc) is 3.38. The standard InChI is InChI=1S/C25H17Cl3FNO4/c26-20-10-3-15(11-19(20)21(31)12-14-1-6-17(29)7-2-14)13-22(32)24-23(25(24,27)28)16-4-8-18(9-5-16)30(33)34/h1-11,23-24H,12-13H2. The highest BCUT2D eigenvalue weighted by molar-refractivity contribution is 6.53. The van der Waals surface area contributed by atoms with Crippen molar-refractivity contribution in [2.75, 3.05) is 0 Å². The molecule has 2 unspecified atom stereocenters. The summed E-state index contributed by atoms with van der Waals surface area (Å²) in [6, 6.07) is 16.2. The SMILES string of the molecule is O=C(Cc1ccc(F)cc1)c1cc(CC(=O)C2C(c3ccc([N+](=O)[O-])cc3)C2(Cl)Cl)ccc1Cl. The number of alkyl halides is 2. The maximum atomic E-state index is 13.1. The van der Waals surface area contributed by atoms with E-state index in [1.807, 2.05) is 0 Å². The van der Waals surface area contributed by atoms with E-state index in [1.165, 1.54) is 36.4 Å². The molecule has 0 radical (unpaired) electrons.